The first-order valence-electron chi connectivity index (χ1n) is 13.3. The second kappa shape index (κ2) is 10.7. The van der Waals surface area contributed by atoms with Crippen LogP contribution < -0.4 is 15.7 Å². The Labute approximate surface area is 228 Å². The van der Waals surface area contributed by atoms with Gasteiger partial charge in [-0.05, 0) is 48.2 Å². The van der Waals surface area contributed by atoms with E-state index in [-0.39, 0.29) is 12.0 Å². The first-order chi connectivity index (χ1) is 18.8. The smallest absolute Gasteiger partial charge is 0.351 e. The van der Waals surface area contributed by atoms with Gasteiger partial charge in [0.2, 0.25) is 0 Å². The largest absolute Gasteiger partial charge is 0.497 e. The molecule has 202 valence electrons. The topological polar surface area (TPSA) is 65.4 Å². The molecule has 1 aromatic heterocycles. The van der Waals surface area contributed by atoms with Crippen LogP contribution in [0.2, 0.25) is 0 Å². The van der Waals surface area contributed by atoms with Crippen LogP contribution in [0.3, 0.4) is 0 Å². The lowest BCUT2D eigenvalue weighted by Gasteiger charge is -2.37. The Balaban J connectivity index is 1.63. The van der Waals surface area contributed by atoms with E-state index in [1.165, 1.54) is 11.5 Å². The van der Waals surface area contributed by atoms with E-state index in [0.717, 1.165) is 22.4 Å². The van der Waals surface area contributed by atoms with Gasteiger partial charge in [-0.2, -0.15) is 4.98 Å². The van der Waals surface area contributed by atoms with Crippen LogP contribution in [0.25, 0.3) is 0 Å². The minimum atomic E-state index is -1.71. The van der Waals surface area contributed by atoms with Gasteiger partial charge in [0.15, 0.2) is 11.9 Å². The average molecular weight is 528 g/mol. The molecule has 1 fully saturated rings. The van der Waals surface area contributed by atoms with Gasteiger partial charge in [-0.3, -0.25) is 4.57 Å². The van der Waals surface area contributed by atoms with Crippen LogP contribution in [0.1, 0.15) is 50.1 Å². The number of nitrogens with zero attached hydrogens (tertiary/aromatic N) is 2. The summed E-state index contributed by atoms with van der Waals surface area (Å²) in [5.74, 6) is 0.745. The van der Waals surface area contributed by atoms with Crippen LogP contribution >= 0.6 is 0 Å². The van der Waals surface area contributed by atoms with Gasteiger partial charge >= 0.3 is 5.69 Å². The molecule has 3 aromatic carbocycles. The molecule has 0 spiro atoms. The van der Waals surface area contributed by atoms with E-state index >= 15 is 4.39 Å². The fourth-order valence-electron chi connectivity index (χ4n) is 5.58. The fourth-order valence-corrected chi connectivity index (χ4v) is 5.58. The summed E-state index contributed by atoms with van der Waals surface area (Å²) in [4.78, 5) is 17.7. The number of hydrogen-bond donors (Lipinski definition) is 1. The fraction of sp³-hybridized carbons (Fsp3) is 0.312. The molecule has 0 aliphatic carbocycles. The van der Waals surface area contributed by atoms with Crippen molar-refractivity contribution in [3.05, 3.63) is 124 Å². The number of alkyl halides is 1. The minimum absolute atomic E-state index is 0.270. The molecule has 0 saturated carbocycles. The van der Waals surface area contributed by atoms with Crippen molar-refractivity contribution in [2.75, 3.05) is 12.4 Å². The third-order valence-corrected chi connectivity index (χ3v) is 7.97. The van der Waals surface area contributed by atoms with E-state index in [4.69, 9.17) is 9.47 Å². The number of hydrogen-bond acceptors (Lipinski definition) is 5. The third-order valence-electron chi connectivity index (χ3n) is 7.97. The molecule has 1 N–H and O–H groups in total. The zero-order valence-corrected chi connectivity index (χ0v) is 22.7. The predicted octanol–water partition coefficient (Wildman–Crippen LogP) is 6.33. The summed E-state index contributed by atoms with van der Waals surface area (Å²) in [6.45, 7) is 5.28. The molecule has 4 aromatic rings. The maximum atomic E-state index is 15.7. The van der Waals surface area contributed by atoms with Crippen LogP contribution in [0, 0.1) is 5.92 Å². The van der Waals surface area contributed by atoms with Gasteiger partial charge in [0, 0.05) is 12.1 Å². The number of rotatable bonds is 8. The first-order valence-corrected chi connectivity index (χ1v) is 13.3. The summed E-state index contributed by atoms with van der Waals surface area (Å²) in [6.07, 6.45) is 0.923. The molecule has 4 atom stereocenters. The molecule has 1 aliphatic rings. The summed E-state index contributed by atoms with van der Waals surface area (Å²) in [5.41, 5.74) is -0.322. The highest BCUT2D eigenvalue weighted by molar-refractivity contribution is 5.58. The van der Waals surface area contributed by atoms with Crippen LogP contribution in [-0.4, -0.2) is 28.4 Å². The first kappa shape index (κ1) is 26.6. The number of halogens is 1. The lowest BCUT2D eigenvalue weighted by molar-refractivity contribution is -0.0500. The molecule has 1 aliphatic heterocycles. The van der Waals surface area contributed by atoms with E-state index < -0.39 is 23.1 Å². The van der Waals surface area contributed by atoms with E-state index in [1.54, 1.807) is 19.4 Å². The molecule has 0 bridgehead atoms. The maximum Gasteiger partial charge on any atom is 0.351 e. The summed E-state index contributed by atoms with van der Waals surface area (Å²) in [7, 11) is 1.63. The predicted molar refractivity (Wildman–Crippen MR) is 151 cm³/mol. The lowest BCUT2D eigenvalue weighted by atomic mass is 9.77. The molecule has 6 nitrogen and oxygen atoms in total. The monoisotopic (exact) mass is 527 g/mol. The van der Waals surface area contributed by atoms with Gasteiger partial charge in [-0.15, -0.1) is 0 Å². The van der Waals surface area contributed by atoms with Crippen molar-refractivity contribution < 1.29 is 13.9 Å². The Morgan fingerprint density at radius 3 is 2.03 bits per heavy atom. The maximum absolute atomic E-state index is 15.7. The highest BCUT2D eigenvalue weighted by Gasteiger charge is 2.52. The van der Waals surface area contributed by atoms with Crippen molar-refractivity contribution in [1.29, 1.82) is 0 Å². The highest BCUT2D eigenvalue weighted by Crippen LogP contribution is 2.46. The van der Waals surface area contributed by atoms with Crippen molar-refractivity contribution >= 4 is 5.82 Å². The third kappa shape index (κ3) is 4.72. The van der Waals surface area contributed by atoms with Gasteiger partial charge in [0.25, 0.3) is 0 Å². The summed E-state index contributed by atoms with van der Waals surface area (Å²) >= 11 is 0. The van der Waals surface area contributed by atoms with Crippen molar-refractivity contribution in [1.82, 2.24) is 9.55 Å². The lowest BCUT2D eigenvalue weighted by Crippen LogP contribution is -2.41. The standard InChI is InChI=1S/C32H34FN3O3/c1-5-27-22(2)31(3,33)29(39-27)36-21-20-28(34-30(36)37)35-32(23-12-8-6-9-13-23,24-14-10-7-11-15-24)25-16-18-26(38-4)19-17-25/h6-22,27,29H,5H2,1-4H3,(H,34,35,37)/t22-,27-,29-,31-/m1/s1. The molecule has 2 heterocycles. The molecule has 39 heavy (non-hydrogen) atoms. The van der Waals surface area contributed by atoms with Crippen molar-refractivity contribution in [3.63, 3.8) is 0 Å². The SMILES string of the molecule is CC[C@H]1O[C@@H](n2ccc(NC(c3ccccc3)(c3ccccc3)c3ccc(OC)cc3)nc2=O)[C@](C)(F)[C@@H]1C. The molecular formula is C32H34FN3O3. The summed E-state index contributed by atoms with van der Waals surface area (Å²) in [6, 6.07) is 29.5. The van der Waals surface area contributed by atoms with Crippen LogP contribution in [0.5, 0.6) is 5.75 Å². The number of aromatic nitrogens is 2. The van der Waals surface area contributed by atoms with Gasteiger partial charge in [0.05, 0.1) is 13.2 Å². The number of benzene rings is 3. The van der Waals surface area contributed by atoms with Crippen molar-refractivity contribution in [2.45, 2.75) is 50.7 Å². The van der Waals surface area contributed by atoms with E-state index in [1.807, 2.05) is 98.8 Å². The van der Waals surface area contributed by atoms with Gasteiger partial charge < -0.3 is 14.8 Å². The second-order valence-corrected chi connectivity index (χ2v) is 10.2. The highest BCUT2D eigenvalue weighted by atomic mass is 19.1. The Kier molecular flexibility index (Phi) is 7.28. The number of methoxy groups -OCH3 is 1. The van der Waals surface area contributed by atoms with Gasteiger partial charge in [0.1, 0.15) is 17.1 Å². The normalized spacial score (nSPS) is 22.9. The quantitative estimate of drug-likeness (QED) is 0.271. The Bertz CT molecular complexity index is 1420. The molecular weight excluding hydrogens is 493 g/mol. The Morgan fingerprint density at radius 2 is 1.54 bits per heavy atom. The number of ether oxygens (including phenoxy) is 2. The van der Waals surface area contributed by atoms with Crippen molar-refractivity contribution in [2.24, 2.45) is 5.92 Å². The number of anilines is 1. The summed E-state index contributed by atoms with van der Waals surface area (Å²) < 4.78 is 28.4. The summed E-state index contributed by atoms with van der Waals surface area (Å²) in [5, 5.41) is 3.59. The average Bonchev–Trinajstić information content (AvgIpc) is 3.20. The molecule has 5 rings (SSSR count). The molecule has 0 unspecified atom stereocenters. The molecule has 1 saturated heterocycles. The van der Waals surface area contributed by atoms with Crippen LogP contribution in [0.15, 0.2) is 102 Å². The Morgan fingerprint density at radius 1 is 0.974 bits per heavy atom. The number of nitrogens with one attached hydrogen (secondary N) is 1. The van der Waals surface area contributed by atoms with E-state index in [0.29, 0.717) is 12.2 Å². The second-order valence-electron chi connectivity index (χ2n) is 10.2. The molecule has 0 radical (unpaired) electrons. The zero-order valence-electron chi connectivity index (χ0n) is 22.7. The minimum Gasteiger partial charge on any atom is -0.497 e. The van der Waals surface area contributed by atoms with E-state index in [2.05, 4.69) is 10.3 Å². The Hall–Kier alpha value is -3.97. The van der Waals surface area contributed by atoms with E-state index in [9.17, 15) is 4.79 Å². The molecule has 7 heteroatoms. The van der Waals surface area contributed by atoms with Gasteiger partial charge in [-0.25, -0.2) is 9.18 Å². The molecule has 0 amide bonds. The zero-order chi connectivity index (χ0) is 27.6. The van der Waals surface area contributed by atoms with Crippen LogP contribution in [-0.2, 0) is 10.3 Å². The van der Waals surface area contributed by atoms with Crippen molar-refractivity contribution in [3.8, 4) is 5.75 Å². The van der Waals surface area contributed by atoms with Gasteiger partial charge in [-0.1, -0.05) is 86.6 Å². The van der Waals surface area contributed by atoms with Crippen LogP contribution in [0.4, 0.5) is 10.2 Å².